The van der Waals surface area contributed by atoms with E-state index in [-0.39, 0.29) is 16.9 Å². The predicted octanol–water partition coefficient (Wildman–Crippen LogP) is 1.22. The van der Waals surface area contributed by atoms with Gasteiger partial charge in [0.15, 0.2) is 16.6 Å². The molecular weight excluding hydrogens is 377 g/mol. The molecule has 8 nitrogen and oxygen atoms in total. The number of rotatable bonds is 6. The van der Waals surface area contributed by atoms with Gasteiger partial charge in [0.05, 0.1) is 18.9 Å². The lowest BCUT2D eigenvalue weighted by Crippen LogP contribution is -2.46. The molecule has 2 N–H and O–H groups in total. The first kappa shape index (κ1) is 21.0. The molecule has 0 amide bonds. The maximum atomic E-state index is 13.8. The third kappa shape index (κ3) is 5.13. The summed E-state index contributed by atoms with van der Waals surface area (Å²) in [4.78, 5) is 23.7. The van der Waals surface area contributed by atoms with Crippen LogP contribution in [0.2, 0.25) is 39.3 Å². The van der Waals surface area contributed by atoms with E-state index in [1.54, 1.807) is 0 Å². The Balaban J connectivity index is 2.29. The summed E-state index contributed by atoms with van der Waals surface area (Å²) in [6, 6.07) is 0. The zero-order valence-electron chi connectivity index (χ0n) is 16.1. The van der Waals surface area contributed by atoms with Crippen molar-refractivity contribution in [3.8, 4) is 0 Å². The Morgan fingerprint density at radius 3 is 2.38 bits per heavy atom. The summed E-state index contributed by atoms with van der Waals surface area (Å²) in [7, 11) is -3.65. The molecular formula is C15H28FN3O5Si2. The second-order valence-corrected chi connectivity index (χ2v) is 17.4. The molecule has 148 valence electrons. The van der Waals surface area contributed by atoms with Crippen LogP contribution in [0.15, 0.2) is 15.8 Å². The van der Waals surface area contributed by atoms with Crippen molar-refractivity contribution in [3.05, 3.63) is 32.9 Å². The molecule has 2 rings (SSSR count). The maximum Gasteiger partial charge on any atom is 0.352 e. The van der Waals surface area contributed by atoms with Gasteiger partial charge in [-0.25, -0.2) is 4.79 Å². The third-order valence-electron chi connectivity index (χ3n) is 3.78. The van der Waals surface area contributed by atoms with Crippen LogP contribution in [0.5, 0.6) is 0 Å². The molecule has 11 heteroatoms. The van der Waals surface area contributed by atoms with Crippen LogP contribution in [0.3, 0.4) is 0 Å². The smallest absolute Gasteiger partial charge is 0.352 e. The van der Waals surface area contributed by atoms with E-state index in [2.05, 4.69) is 39.3 Å². The Bertz CT molecular complexity index is 769. The zero-order valence-corrected chi connectivity index (χ0v) is 18.1. The largest absolute Gasteiger partial charge is 0.415 e. The molecule has 0 aliphatic carbocycles. The number of hydrogen-bond donors (Lipinski definition) is 1. The fraction of sp³-hybridized carbons (Fsp3) is 0.733. The fourth-order valence-electron chi connectivity index (χ4n) is 2.70. The van der Waals surface area contributed by atoms with Gasteiger partial charge in [0, 0.05) is 6.42 Å². The summed E-state index contributed by atoms with van der Waals surface area (Å²) in [5.41, 5.74) is -2.00. The minimum absolute atomic E-state index is 0.249. The average Bonchev–Trinajstić information content (AvgIpc) is 2.86. The van der Waals surface area contributed by atoms with E-state index in [1.165, 1.54) is 0 Å². The SMILES string of the molecule is C[Si](C)(C)OC[C@H]1O[C@@H](n2cc(F)c(=O)n(N)c2=O)C[C@@H]1O[Si](C)(C)C. The summed E-state index contributed by atoms with van der Waals surface area (Å²) in [6.45, 7) is 12.7. The zero-order chi connectivity index (χ0) is 19.9. The van der Waals surface area contributed by atoms with Gasteiger partial charge in [-0.15, -0.1) is 0 Å². The minimum atomic E-state index is -1.88. The summed E-state index contributed by atoms with van der Waals surface area (Å²) < 4.78 is 33.1. The van der Waals surface area contributed by atoms with Gasteiger partial charge in [-0.1, -0.05) is 0 Å². The molecule has 0 saturated carbocycles. The van der Waals surface area contributed by atoms with Crippen LogP contribution in [0.25, 0.3) is 0 Å². The molecule has 3 atom stereocenters. The molecule has 0 unspecified atom stereocenters. The third-order valence-corrected chi connectivity index (χ3v) is 5.82. The first-order chi connectivity index (χ1) is 11.8. The highest BCUT2D eigenvalue weighted by Crippen LogP contribution is 2.32. The first-order valence-electron chi connectivity index (χ1n) is 8.54. The lowest BCUT2D eigenvalue weighted by molar-refractivity contribution is -0.0403. The highest BCUT2D eigenvalue weighted by molar-refractivity contribution is 6.70. The molecule has 1 aliphatic rings. The molecule has 0 spiro atoms. The van der Waals surface area contributed by atoms with Crippen LogP contribution >= 0.6 is 0 Å². The Morgan fingerprint density at radius 2 is 1.85 bits per heavy atom. The van der Waals surface area contributed by atoms with Crippen LogP contribution in [-0.2, 0) is 13.6 Å². The van der Waals surface area contributed by atoms with Gasteiger partial charge < -0.3 is 19.4 Å². The van der Waals surface area contributed by atoms with Crippen LogP contribution in [0.1, 0.15) is 12.6 Å². The Labute approximate surface area is 153 Å². The van der Waals surface area contributed by atoms with Crippen LogP contribution < -0.4 is 17.1 Å². The second-order valence-electron chi connectivity index (χ2n) is 8.40. The normalized spacial score (nSPS) is 24.2. The molecule has 1 aromatic rings. The minimum Gasteiger partial charge on any atom is -0.415 e. The molecule has 1 aromatic heterocycles. The van der Waals surface area contributed by atoms with Gasteiger partial charge in [0.25, 0.3) is 0 Å². The van der Waals surface area contributed by atoms with Crippen LogP contribution in [-0.4, -0.2) is 44.7 Å². The molecule has 0 radical (unpaired) electrons. The van der Waals surface area contributed by atoms with E-state index in [0.717, 1.165) is 10.8 Å². The van der Waals surface area contributed by atoms with Crippen molar-refractivity contribution in [1.82, 2.24) is 9.24 Å². The van der Waals surface area contributed by atoms with E-state index in [0.29, 0.717) is 13.0 Å². The number of ether oxygens (including phenoxy) is 1. The summed E-state index contributed by atoms with van der Waals surface area (Å²) in [5, 5.41) is 0. The molecule has 2 heterocycles. The van der Waals surface area contributed by atoms with E-state index in [9.17, 15) is 14.0 Å². The number of halogens is 1. The van der Waals surface area contributed by atoms with Gasteiger partial charge in [0.1, 0.15) is 12.3 Å². The molecule has 1 fully saturated rings. The lowest BCUT2D eigenvalue weighted by atomic mass is 10.2. The summed E-state index contributed by atoms with van der Waals surface area (Å²) >= 11 is 0. The molecule has 26 heavy (non-hydrogen) atoms. The second kappa shape index (κ2) is 7.39. The van der Waals surface area contributed by atoms with Crippen LogP contribution in [0, 0.1) is 5.82 Å². The number of nitrogens with zero attached hydrogens (tertiary/aromatic N) is 2. The van der Waals surface area contributed by atoms with E-state index in [4.69, 9.17) is 19.4 Å². The average molecular weight is 406 g/mol. The van der Waals surface area contributed by atoms with Crippen molar-refractivity contribution >= 4 is 16.6 Å². The highest BCUT2D eigenvalue weighted by Gasteiger charge is 2.40. The van der Waals surface area contributed by atoms with Gasteiger partial charge in [-0.05, 0) is 39.3 Å². The van der Waals surface area contributed by atoms with Crippen molar-refractivity contribution in [3.63, 3.8) is 0 Å². The van der Waals surface area contributed by atoms with E-state index < -0.39 is 39.9 Å². The summed E-state index contributed by atoms with van der Waals surface area (Å²) in [6.07, 6.45) is -0.250. The van der Waals surface area contributed by atoms with Crippen molar-refractivity contribution < 1.29 is 18.0 Å². The van der Waals surface area contributed by atoms with Crippen molar-refractivity contribution in [1.29, 1.82) is 0 Å². The van der Waals surface area contributed by atoms with E-state index >= 15 is 0 Å². The van der Waals surface area contributed by atoms with Crippen molar-refractivity contribution in [2.45, 2.75) is 64.1 Å². The number of nitrogen functional groups attached to an aromatic ring is 1. The van der Waals surface area contributed by atoms with Crippen molar-refractivity contribution in [2.75, 3.05) is 12.4 Å². The highest BCUT2D eigenvalue weighted by atomic mass is 28.4. The Kier molecular flexibility index (Phi) is 5.97. The van der Waals surface area contributed by atoms with Crippen molar-refractivity contribution in [2.24, 2.45) is 0 Å². The molecule has 0 bridgehead atoms. The van der Waals surface area contributed by atoms with Gasteiger partial charge in [-0.3, -0.25) is 9.36 Å². The first-order valence-corrected chi connectivity index (χ1v) is 15.4. The monoisotopic (exact) mass is 405 g/mol. The topological polar surface area (TPSA) is 97.7 Å². The van der Waals surface area contributed by atoms with E-state index in [1.807, 2.05) is 0 Å². The quantitative estimate of drug-likeness (QED) is 0.565. The number of hydrogen-bond acceptors (Lipinski definition) is 6. The number of nitrogens with two attached hydrogens (primary N) is 1. The Hall–Kier alpha value is -1.28. The van der Waals surface area contributed by atoms with Gasteiger partial charge in [0.2, 0.25) is 5.82 Å². The predicted molar refractivity (Wildman–Crippen MR) is 101 cm³/mol. The summed E-state index contributed by atoms with van der Waals surface area (Å²) in [5.74, 6) is 4.26. The fourth-order valence-corrected chi connectivity index (χ4v) is 4.52. The molecule has 1 aliphatic heterocycles. The molecule has 1 saturated heterocycles. The number of aromatic nitrogens is 2. The molecule has 0 aromatic carbocycles. The lowest BCUT2D eigenvalue weighted by Gasteiger charge is -2.28. The van der Waals surface area contributed by atoms with Gasteiger partial charge in [-0.2, -0.15) is 9.07 Å². The van der Waals surface area contributed by atoms with Gasteiger partial charge >= 0.3 is 11.2 Å². The Morgan fingerprint density at radius 1 is 1.23 bits per heavy atom. The van der Waals surface area contributed by atoms with Crippen LogP contribution in [0.4, 0.5) is 4.39 Å². The standard InChI is InChI=1S/C15H28FN3O5Si2/c1-25(2,3)22-9-12-11(24-26(4,5)6)7-13(23-12)18-8-10(16)14(20)19(17)15(18)21/h8,11-13H,7,9,17H2,1-6H3/t11-,12+,13+/m0/s1. The maximum absolute atomic E-state index is 13.8.